The van der Waals surface area contributed by atoms with Crippen molar-refractivity contribution in [2.45, 2.75) is 0 Å². The summed E-state index contributed by atoms with van der Waals surface area (Å²) in [6.07, 6.45) is 1.73. The first-order chi connectivity index (χ1) is 10.2. The first-order valence-electron chi connectivity index (χ1n) is 6.57. The molecule has 0 unspecified atom stereocenters. The van der Waals surface area contributed by atoms with Gasteiger partial charge in [0.25, 0.3) is 0 Å². The lowest BCUT2D eigenvalue weighted by Crippen LogP contribution is -2.00. The van der Waals surface area contributed by atoms with E-state index in [1.165, 1.54) is 0 Å². The molecule has 2 aromatic carbocycles. The van der Waals surface area contributed by atoms with Crippen LogP contribution in [0.2, 0.25) is 0 Å². The van der Waals surface area contributed by atoms with Crippen LogP contribution in [0.25, 0.3) is 10.9 Å². The third-order valence-electron chi connectivity index (χ3n) is 3.49. The summed E-state index contributed by atoms with van der Waals surface area (Å²) in [7, 11) is 3.21. The number of methoxy groups -OCH3 is 2. The van der Waals surface area contributed by atoms with Crippen molar-refractivity contribution in [3.63, 3.8) is 0 Å². The second-order valence-electron chi connectivity index (χ2n) is 4.67. The third-order valence-corrected chi connectivity index (χ3v) is 3.49. The first kappa shape index (κ1) is 13.2. The number of fused-ring (bicyclic) bond motifs is 1. The highest BCUT2D eigenvalue weighted by molar-refractivity contribution is 6.16. The number of carbonyl (C=O) groups excluding carboxylic acids is 1. The predicted molar refractivity (Wildman–Crippen MR) is 81.3 cm³/mol. The summed E-state index contributed by atoms with van der Waals surface area (Å²) >= 11 is 0. The molecular formula is C17H15NO3. The number of hydrogen-bond donors (Lipinski definition) is 1. The fourth-order valence-corrected chi connectivity index (χ4v) is 2.31. The number of nitrogens with one attached hydrogen (secondary N) is 1. The monoisotopic (exact) mass is 281 g/mol. The molecule has 0 aliphatic carbocycles. The van der Waals surface area contributed by atoms with Crippen molar-refractivity contribution in [3.8, 4) is 11.5 Å². The zero-order valence-electron chi connectivity index (χ0n) is 11.8. The predicted octanol–water partition coefficient (Wildman–Crippen LogP) is 3.42. The summed E-state index contributed by atoms with van der Waals surface area (Å²) in [5, 5.41) is 0.857. The van der Waals surface area contributed by atoms with E-state index in [-0.39, 0.29) is 5.78 Å². The van der Waals surface area contributed by atoms with Crippen LogP contribution in [0.1, 0.15) is 15.9 Å². The van der Waals surface area contributed by atoms with E-state index in [2.05, 4.69) is 4.98 Å². The Balaban J connectivity index is 2.04. The second-order valence-corrected chi connectivity index (χ2v) is 4.67. The number of rotatable bonds is 4. The summed E-state index contributed by atoms with van der Waals surface area (Å²) in [4.78, 5) is 15.7. The van der Waals surface area contributed by atoms with Crippen LogP contribution in [0.3, 0.4) is 0 Å². The average Bonchev–Trinajstić information content (AvgIpc) is 2.97. The molecule has 0 saturated carbocycles. The maximum atomic E-state index is 12.6. The maximum absolute atomic E-state index is 12.6. The van der Waals surface area contributed by atoms with E-state index < -0.39 is 0 Å². The van der Waals surface area contributed by atoms with Crippen LogP contribution in [0.15, 0.2) is 48.7 Å². The van der Waals surface area contributed by atoms with Crippen molar-refractivity contribution < 1.29 is 14.3 Å². The highest BCUT2D eigenvalue weighted by atomic mass is 16.5. The molecule has 0 atom stereocenters. The van der Waals surface area contributed by atoms with Gasteiger partial charge in [-0.1, -0.05) is 0 Å². The van der Waals surface area contributed by atoms with Crippen LogP contribution in [0.4, 0.5) is 0 Å². The molecule has 1 heterocycles. The Hall–Kier alpha value is -2.75. The number of benzene rings is 2. The Bertz CT molecular complexity index is 787. The molecule has 4 heteroatoms. The zero-order chi connectivity index (χ0) is 14.8. The molecule has 1 aromatic heterocycles. The molecule has 0 bridgehead atoms. The average molecular weight is 281 g/mol. The maximum Gasteiger partial charge on any atom is 0.195 e. The molecule has 0 fully saturated rings. The fourth-order valence-electron chi connectivity index (χ4n) is 2.31. The van der Waals surface area contributed by atoms with Crippen LogP contribution in [0, 0.1) is 0 Å². The molecule has 3 rings (SSSR count). The molecule has 0 saturated heterocycles. The van der Waals surface area contributed by atoms with Crippen LogP contribution < -0.4 is 9.47 Å². The molecule has 0 aliphatic heterocycles. The van der Waals surface area contributed by atoms with Gasteiger partial charge in [-0.2, -0.15) is 0 Å². The summed E-state index contributed by atoms with van der Waals surface area (Å²) < 4.78 is 10.3. The van der Waals surface area contributed by atoms with E-state index in [4.69, 9.17) is 9.47 Å². The molecule has 4 nitrogen and oxygen atoms in total. The van der Waals surface area contributed by atoms with E-state index in [1.54, 1.807) is 44.7 Å². The lowest BCUT2D eigenvalue weighted by molar-refractivity contribution is 0.104. The highest BCUT2D eigenvalue weighted by Gasteiger charge is 2.14. The number of aromatic nitrogens is 1. The van der Waals surface area contributed by atoms with Gasteiger partial charge in [0.05, 0.1) is 14.2 Å². The zero-order valence-corrected chi connectivity index (χ0v) is 11.8. The minimum Gasteiger partial charge on any atom is -0.497 e. The fraction of sp³-hybridized carbons (Fsp3) is 0.118. The van der Waals surface area contributed by atoms with Gasteiger partial charge in [-0.05, 0) is 42.5 Å². The van der Waals surface area contributed by atoms with Crippen LogP contribution in [0.5, 0.6) is 11.5 Å². The number of hydrogen-bond acceptors (Lipinski definition) is 3. The highest BCUT2D eigenvalue weighted by Crippen LogP contribution is 2.26. The minimum absolute atomic E-state index is 0.0304. The Kier molecular flexibility index (Phi) is 3.36. The molecule has 0 radical (unpaired) electrons. The molecule has 0 amide bonds. The molecule has 3 aromatic rings. The van der Waals surface area contributed by atoms with Crippen molar-refractivity contribution in [2.75, 3.05) is 14.2 Å². The number of H-pyrrole nitrogens is 1. The molecule has 0 spiro atoms. The normalized spacial score (nSPS) is 10.6. The molecule has 1 N–H and O–H groups in total. The van der Waals surface area contributed by atoms with Crippen LogP contribution in [-0.4, -0.2) is 25.0 Å². The lowest BCUT2D eigenvalue weighted by atomic mass is 10.0. The van der Waals surface area contributed by atoms with Gasteiger partial charge in [-0.15, -0.1) is 0 Å². The second kappa shape index (κ2) is 5.32. The van der Waals surface area contributed by atoms with Gasteiger partial charge in [0.15, 0.2) is 5.78 Å². The van der Waals surface area contributed by atoms with Gasteiger partial charge in [-0.25, -0.2) is 0 Å². The Labute approximate surface area is 122 Å². The number of carbonyl (C=O) groups is 1. The van der Waals surface area contributed by atoms with E-state index in [0.717, 1.165) is 22.4 Å². The van der Waals surface area contributed by atoms with E-state index in [0.29, 0.717) is 11.1 Å². The van der Waals surface area contributed by atoms with Crippen molar-refractivity contribution in [1.82, 2.24) is 4.98 Å². The van der Waals surface area contributed by atoms with Crippen LogP contribution >= 0.6 is 0 Å². The largest absolute Gasteiger partial charge is 0.497 e. The quantitative estimate of drug-likeness (QED) is 0.745. The van der Waals surface area contributed by atoms with Gasteiger partial charge in [0.2, 0.25) is 0 Å². The summed E-state index contributed by atoms with van der Waals surface area (Å²) in [6.45, 7) is 0. The van der Waals surface area contributed by atoms with E-state index in [1.807, 2.05) is 18.2 Å². The van der Waals surface area contributed by atoms with Gasteiger partial charge < -0.3 is 14.5 Å². The summed E-state index contributed by atoms with van der Waals surface area (Å²) in [5.74, 6) is 1.43. The van der Waals surface area contributed by atoms with Gasteiger partial charge in [0.1, 0.15) is 11.5 Å². The van der Waals surface area contributed by atoms with Gasteiger partial charge in [0, 0.05) is 28.2 Å². The van der Waals surface area contributed by atoms with Crippen molar-refractivity contribution in [1.29, 1.82) is 0 Å². The SMILES string of the molecule is COc1ccc(C(=O)c2c[nH]c3ccc(OC)cc23)cc1. The number of aromatic amines is 1. The third kappa shape index (κ3) is 2.36. The Morgan fingerprint density at radius 1 is 0.952 bits per heavy atom. The first-order valence-corrected chi connectivity index (χ1v) is 6.57. The molecule has 21 heavy (non-hydrogen) atoms. The smallest absolute Gasteiger partial charge is 0.195 e. The van der Waals surface area contributed by atoms with Crippen molar-refractivity contribution in [2.24, 2.45) is 0 Å². The van der Waals surface area contributed by atoms with Gasteiger partial charge >= 0.3 is 0 Å². The molecular weight excluding hydrogens is 266 g/mol. The van der Waals surface area contributed by atoms with Crippen molar-refractivity contribution >= 4 is 16.7 Å². The molecule has 0 aliphatic rings. The number of ketones is 1. The minimum atomic E-state index is -0.0304. The van der Waals surface area contributed by atoms with Crippen molar-refractivity contribution in [3.05, 3.63) is 59.8 Å². The topological polar surface area (TPSA) is 51.3 Å². The number of ether oxygens (including phenoxy) is 2. The van der Waals surface area contributed by atoms with E-state index >= 15 is 0 Å². The summed E-state index contributed by atoms with van der Waals surface area (Å²) in [5.41, 5.74) is 2.17. The summed E-state index contributed by atoms with van der Waals surface area (Å²) in [6, 6.07) is 12.7. The van der Waals surface area contributed by atoms with E-state index in [9.17, 15) is 4.79 Å². The lowest BCUT2D eigenvalue weighted by Gasteiger charge is -2.03. The Morgan fingerprint density at radius 3 is 2.29 bits per heavy atom. The van der Waals surface area contributed by atoms with Gasteiger partial charge in [-0.3, -0.25) is 4.79 Å². The Morgan fingerprint density at radius 2 is 1.62 bits per heavy atom. The standard InChI is InChI=1S/C17H15NO3/c1-20-12-5-3-11(4-6-12)17(19)15-10-18-16-8-7-13(21-2)9-14(15)16/h3-10,18H,1-2H3. The van der Waals surface area contributed by atoms with Crippen LogP contribution in [-0.2, 0) is 0 Å². The molecule has 106 valence electrons.